The molecule has 4 rings (SSSR count). The number of para-hydroxylation sites is 1. The predicted octanol–water partition coefficient (Wildman–Crippen LogP) is 3.15. The molecule has 0 saturated carbocycles. The predicted molar refractivity (Wildman–Crippen MR) is 150 cm³/mol. The SMILES string of the molecule is C=CCN(C(=O)[C@H]1[C@H]2C(=O)N([C@H](C)CO)C(C(=O)N(CC=C)C(C)(C)C)C23CC(Br)[C@@H]1O3)c1ccccc1. The minimum absolute atomic E-state index is 0.218. The lowest BCUT2D eigenvalue weighted by atomic mass is 9.70. The molecule has 3 aliphatic rings. The molecule has 3 heterocycles. The van der Waals surface area contributed by atoms with Gasteiger partial charge in [-0.2, -0.15) is 0 Å². The number of fused-ring (bicyclic) bond motifs is 1. The van der Waals surface area contributed by atoms with Crippen LogP contribution in [0.4, 0.5) is 5.69 Å². The number of anilines is 1. The van der Waals surface area contributed by atoms with Crippen molar-refractivity contribution in [2.75, 3.05) is 24.6 Å². The van der Waals surface area contributed by atoms with Crippen LogP contribution in [0.1, 0.15) is 34.1 Å². The zero-order chi connectivity index (χ0) is 28.0. The van der Waals surface area contributed by atoms with Gasteiger partial charge in [0, 0.05) is 29.1 Å². The van der Waals surface area contributed by atoms with E-state index < -0.39 is 41.2 Å². The van der Waals surface area contributed by atoms with Gasteiger partial charge >= 0.3 is 0 Å². The molecule has 1 spiro atoms. The molecule has 38 heavy (non-hydrogen) atoms. The normalized spacial score (nSPS) is 30.6. The molecule has 0 aliphatic carbocycles. The first-order chi connectivity index (χ1) is 17.9. The van der Waals surface area contributed by atoms with Crippen LogP contribution < -0.4 is 4.90 Å². The van der Waals surface area contributed by atoms with Crippen LogP contribution in [0.5, 0.6) is 0 Å². The Labute approximate surface area is 233 Å². The zero-order valence-corrected chi connectivity index (χ0v) is 24.1. The second-order valence-corrected chi connectivity index (χ2v) is 12.6. The van der Waals surface area contributed by atoms with Crippen LogP contribution in [-0.4, -0.2) is 86.5 Å². The van der Waals surface area contributed by atoms with E-state index in [-0.39, 0.29) is 35.7 Å². The summed E-state index contributed by atoms with van der Waals surface area (Å²) >= 11 is 3.72. The Morgan fingerprint density at radius 3 is 2.39 bits per heavy atom. The molecule has 3 fully saturated rings. The van der Waals surface area contributed by atoms with E-state index in [1.165, 1.54) is 4.90 Å². The van der Waals surface area contributed by atoms with Crippen LogP contribution in [0.2, 0.25) is 0 Å². The smallest absolute Gasteiger partial charge is 0.249 e. The standard InChI is InChI=1S/C29H38BrN3O5/c1-7-14-31(19-12-10-9-11-13-19)25(35)21-22-26(36)33(18(3)17-34)24(29(22)16-20(30)23(21)38-29)27(37)32(15-8-2)28(4,5)6/h7-13,18,20-24,34H,1-2,14-17H2,3-6H3/t18-,20?,21+,22+,23+,24?,29?/m1/s1. The number of benzene rings is 1. The molecule has 3 amide bonds. The second-order valence-electron chi connectivity index (χ2n) is 11.4. The van der Waals surface area contributed by atoms with Gasteiger partial charge in [0.25, 0.3) is 0 Å². The molecule has 3 aliphatic heterocycles. The molecule has 1 aromatic rings. The number of hydrogen-bond donors (Lipinski definition) is 1. The highest BCUT2D eigenvalue weighted by molar-refractivity contribution is 9.09. The van der Waals surface area contributed by atoms with Gasteiger partial charge in [0.2, 0.25) is 17.7 Å². The summed E-state index contributed by atoms with van der Waals surface area (Å²) in [5.41, 5.74) is -1.05. The van der Waals surface area contributed by atoms with E-state index in [4.69, 9.17) is 4.74 Å². The fourth-order valence-electron chi connectivity index (χ4n) is 6.40. The molecular weight excluding hydrogens is 550 g/mol. The highest BCUT2D eigenvalue weighted by Gasteiger charge is 2.77. The first kappa shape index (κ1) is 28.5. The van der Waals surface area contributed by atoms with Crippen molar-refractivity contribution >= 4 is 39.3 Å². The number of alkyl halides is 1. The van der Waals surface area contributed by atoms with Crippen LogP contribution in [0, 0.1) is 11.8 Å². The first-order valence-corrected chi connectivity index (χ1v) is 14.0. The van der Waals surface area contributed by atoms with E-state index in [0.29, 0.717) is 18.7 Å². The molecule has 8 nitrogen and oxygen atoms in total. The summed E-state index contributed by atoms with van der Waals surface area (Å²) in [6.07, 6.45) is 3.15. The van der Waals surface area contributed by atoms with E-state index in [1.54, 1.807) is 28.9 Å². The minimum Gasteiger partial charge on any atom is -0.394 e. The maximum Gasteiger partial charge on any atom is 0.249 e. The first-order valence-electron chi connectivity index (χ1n) is 13.1. The summed E-state index contributed by atoms with van der Waals surface area (Å²) in [6.45, 7) is 15.4. The van der Waals surface area contributed by atoms with E-state index in [9.17, 15) is 19.5 Å². The highest BCUT2D eigenvalue weighted by atomic mass is 79.9. The summed E-state index contributed by atoms with van der Waals surface area (Å²) in [5.74, 6) is -2.49. The van der Waals surface area contributed by atoms with Crippen molar-refractivity contribution in [3.63, 3.8) is 0 Å². The summed E-state index contributed by atoms with van der Waals surface area (Å²) < 4.78 is 6.63. The summed E-state index contributed by atoms with van der Waals surface area (Å²) in [4.78, 5) is 47.3. The molecule has 3 unspecified atom stereocenters. The topological polar surface area (TPSA) is 90.4 Å². The Morgan fingerprint density at radius 1 is 1.21 bits per heavy atom. The maximum atomic E-state index is 14.3. The number of ether oxygens (including phenoxy) is 1. The quantitative estimate of drug-likeness (QED) is 0.354. The van der Waals surface area contributed by atoms with Crippen LogP contribution in [-0.2, 0) is 19.1 Å². The van der Waals surface area contributed by atoms with Crippen molar-refractivity contribution in [3.05, 3.63) is 55.6 Å². The van der Waals surface area contributed by atoms with Crippen molar-refractivity contribution in [3.8, 4) is 0 Å². The third-order valence-corrected chi connectivity index (χ3v) is 8.86. The Bertz CT molecular complexity index is 1110. The Hall–Kier alpha value is -2.49. The molecule has 9 heteroatoms. The molecule has 0 aromatic heterocycles. The number of carbonyl (C=O) groups is 3. The van der Waals surface area contributed by atoms with Crippen molar-refractivity contribution < 1.29 is 24.2 Å². The van der Waals surface area contributed by atoms with Crippen molar-refractivity contribution in [1.82, 2.24) is 9.80 Å². The lowest BCUT2D eigenvalue weighted by Crippen LogP contribution is -2.61. The van der Waals surface area contributed by atoms with Gasteiger partial charge in [-0.3, -0.25) is 14.4 Å². The van der Waals surface area contributed by atoms with Gasteiger partial charge in [-0.25, -0.2) is 0 Å². The van der Waals surface area contributed by atoms with Gasteiger partial charge in [-0.1, -0.05) is 46.3 Å². The number of hydrogen-bond acceptors (Lipinski definition) is 5. The number of aliphatic hydroxyl groups is 1. The zero-order valence-electron chi connectivity index (χ0n) is 22.5. The number of nitrogens with zero attached hydrogens (tertiary/aromatic N) is 3. The number of rotatable bonds is 9. The maximum absolute atomic E-state index is 14.3. The largest absolute Gasteiger partial charge is 0.394 e. The number of carbonyl (C=O) groups excluding carboxylic acids is 3. The van der Waals surface area contributed by atoms with Gasteiger partial charge < -0.3 is 24.5 Å². The van der Waals surface area contributed by atoms with E-state index in [0.717, 1.165) is 0 Å². The lowest BCUT2D eigenvalue weighted by Gasteiger charge is -2.43. The fourth-order valence-corrected chi connectivity index (χ4v) is 7.34. The van der Waals surface area contributed by atoms with Crippen molar-refractivity contribution in [1.29, 1.82) is 0 Å². The second kappa shape index (κ2) is 10.6. The fraction of sp³-hybridized carbons (Fsp3) is 0.552. The molecular formula is C29H38BrN3O5. The van der Waals surface area contributed by atoms with Gasteiger partial charge in [-0.05, 0) is 46.2 Å². The van der Waals surface area contributed by atoms with E-state index >= 15 is 0 Å². The highest BCUT2D eigenvalue weighted by Crippen LogP contribution is 2.61. The van der Waals surface area contributed by atoms with Crippen molar-refractivity contribution in [2.24, 2.45) is 11.8 Å². The van der Waals surface area contributed by atoms with Gasteiger partial charge in [0.1, 0.15) is 11.6 Å². The molecule has 7 atom stereocenters. The number of halogens is 1. The third kappa shape index (κ3) is 4.42. The van der Waals surface area contributed by atoms with Crippen LogP contribution in [0.25, 0.3) is 0 Å². The Kier molecular flexibility index (Phi) is 7.94. The van der Waals surface area contributed by atoms with Gasteiger partial charge in [0.05, 0.1) is 30.6 Å². The number of amides is 3. The van der Waals surface area contributed by atoms with Crippen molar-refractivity contribution in [2.45, 2.75) is 68.3 Å². The summed E-state index contributed by atoms with van der Waals surface area (Å²) in [6, 6.07) is 7.66. The van der Waals surface area contributed by atoms with E-state index in [1.807, 2.05) is 51.1 Å². The molecule has 0 radical (unpaired) electrons. The number of aliphatic hydroxyl groups excluding tert-OH is 1. The number of likely N-dealkylation sites (tertiary alicyclic amines) is 1. The molecule has 1 aromatic carbocycles. The van der Waals surface area contributed by atoms with Crippen LogP contribution >= 0.6 is 15.9 Å². The van der Waals surface area contributed by atoms with Crippen LogP contribution in [0.15, 0.2) is 55.6 Å². The summed E-state index contributed by atoms with van der Waals surface area (Å²) in [5, 5.41) is 10.1. The lowest BCUT2D eigenvalue weighted by molar-refractivity contribution is -0.153. The average molecular weight is 589 g/mol. The van der Waals surface area contributed by atoms with Gasteiger partial charge in [-0.15, -0.1) is 13.2 Å². The average Bonchev–Trinajstić information content (AvgIpc) is 3.47. The Morgan fingerprint density at radius 2 is 1.84 bits per heavy atom. The summed E-state index contributed by atoms with van der Waals surface area (Å²) in [7, 11) is 0. The monoisotopic (exact) mass is 587 g/mol. The molecule has 1 N–H and O–H groups in total. The third-order valence-electron chi connectivity index (χ3n) is 8.02. The van der Waals surface area contributed by atoms with Crippen LogP contribution in [0.3, 0.4) is 0 Å². The molecule has 3 saturated heterocycles. The van der Waals surface area contributed by atoms with Gasteiger partial charge in [0.15, 0.2) is 0 Å². The minimum atomic E-state index is -1.20. The molecule has 2 bridgehead atoms. The Balaban J connectivity index is 1.82. The molecule has 206 valence electrons. The van der Waals surface area contributed by atoms with E-state index in [2.05, 4.69) is 29.1 Å².